The molecule has 1 N–H and O–H groups in total. The molecule has 0 aliphatic heterocycles. The van der Waals surface area contributed by atoms with Gasteiger partial charge in [-0.25, -0.2) is 0 Å². The smallest absolute Gasteiger partial charge is 0.0570 e. The molecule has 0 aliphatic carbocycles. The number of pyridine rings is 1. The summed E-state index contributed by atoms with van der Waals surface area (Å²) in [7, 11) is 0. The van der Waals surface area contributed by atoms with Crippen LogP contribution in [-0.4, -0.2) is 11.5 Å². The first-order chi connectivity index (χ1) is 9.36. The largest absolute Gasteiger partial charge is 0.309 e. The maximum Gasteiger partial charge on any atom is 0.0570 e. The molecular formula is C17H22N2. The number of aromatic nitrogens is 1. The van der Waals surface area contributed by atoms with Crippen molar-refractivity contribution in [1.82, 2.24) is 10.3 Å². The fourth-order valence-corrected chi connectivity index (χ4v) is 2.15. The summed E-state index contributed by atoms with van der Waals surface area (Å²) >= 11 is 0. The van der Waals surface area contributed by atoms with Gasteiger partial charge in [0.2, 0.25) is 0 Å². The van der Waals surface area contributed by atoms with E-state index in [1.54, 1.807) is 0 Å². The molecule has 19 heavy (non-hydrogen) atoms. The van der Waals surface area contributed by atoms with E-state index in [1.807, 2.05) is 18.3 Å². The summed E-state index contributed by atoms with van der Waals surface area (Å²) in [6, 6.07) is 17.1. The Morgan fingerprint density at radius 3 is 2.53 bits per heavy atom. The molecule has 0 aliphatic rings. The topological polar surface area (TPSA) is 24.9 Å². The highest BCUT2D eigenvalue weighted by atomic mass is 14.9. The van der Waals surface area contributed by atoms with Crippen LogP contribution in [-0.2, 0) is 6.42 Å². The van der Waals surface area contributed by atoms with Crippen LogP contribution in [0.15, 0.2) is 54.7 Å². The molecule has 0 bridgehead atoms. The minimum Gasteiger partial charge on any atom is -0.309 e. The van der Waals surface area contributed by atoms with E-state index in [0.29, 0.717) is 6.04 Å². The molecule has 100 valence electrons. The number of nitrogens with zero attached hydrogens (tertiary/aromatic N) is 1. The van der Waals surface area contributed by atoms with E-state index < -0.39 is 0 Å². The molecule has 0 saturated heterocycles. The third-order valence-electron chi connectivity index (χ3n) is 3.32. The summed E-state index contributed by atoms with van der Waals surface area (Å²) in [5.41, 5.74) is 2.55. The van der Waals surface area contributed by atoms with Crippen molar-refractivity contribution in [2.75, 3.05) is 6.54 Å². The second kappa shape index (κ2) is 7.70. The van der Waals surface area contributed by atoms with Crippen LogP contribution in [0.4, 0.5) is 0 Å². The summed E-state index contributed by atoms with van der Waals surface area (Å²) in [5, 5.41) is 3.52. The lowest BCUT2D eigenvalue weighted by Gasteiger charge is -2.12. The second-order valence-corrected chi connectivity index (χ2v) is 4.87. The Balaban J connectivity index is 1.62. The van der Waals surface area contributed by atoms with Gasteiger partial charge in [-0.2, -0.15) is 0 Å². The first kappa shape index (κ1) is 13.8. The standard InChI is InChI=1S/C17H22N2/c1-15(17-12-6-8-14-19-17)18-13-7-5-11-16-9-3-2-4-10-16/h2-4,6,8-10,12,14-15,18H,5,7,11,13H2,1H3/t15-/m1/s1. The van der Waals surface area contributed by atoms with Crippen molar-refractivity contribution < 1.29 is 0 Å². The molecule has 1 aromatic heterocycles. The minimum atomic E-state index is 0.331. The predicted octanol–water partition coefficient (Wildman–Crippen LogP) is 3.76. The predicted molar refractivity (Wildman–Crippen MR) is 80.0 cm³/mol. The van der Waals surface area contributed by atoms with Gasteiger partial charge in [-0.1, -0.05) is 36.4 Å². The molecular weight excluding hydrogens is 232 g/mol. The van der Waals surface area contributed by atoms with Gasteiger partial charge in [0, 0.05) is 12.2 Å². The Kier molecular flexibility index (Phi) is 5.57. The van der Waals surface area contributed by atoms with Crippen molar-refractivity contribution in [3.8, 4) is 0 Å². The van der Waals surface area contributed by atoms with E-state index in [-0.39, 0.29) is 0 Å². The van der Waals surface area contributed by atoms with Crippen LogP contribution in [0.25, 0.3) is 0 Å². The highest BCUT2D eigenvalue weighted by Gasteiger charge is 2.04. The van der Waals surface area contributed by atoms with Gasteiger partial charge in [0.05, 0.1) is 5.69 Å². The Bertz CT molecular complexity index is 453. The van der Waals surface area contributed by atoms with Gasteiger partial charge in [0.1, 0.15) is 0 Å². The maximum absolute atomic E-state index is 4.36. The van der Waals surface area contributed by atoms with E-state index in [9.17, 15) is 0 Å². The number of hydrogen-bond acceptors (Lipinski definition) is 2. The number of aryl methyl sites for hydroxylation is 1. The quantitative estimate of drug-likeness (QED) is 0.761. The fraction of sp³-hybridized carbons (Fsp3) is 0.353. The van der Waals surface area contributed by atoms with Crippen molar-refractivity contribution in [2.45, 2.75) is 32.2 Å². The normalized spacial score (nSPS) is 12.3. The van der Waals surface area contributed by atoms with E-state index in [2.05, 4.69) is 53.6 Å². The molecule has 0 amide bonds. The average molecular weight is 254 g/mol. The summed E-state index contributed by atoms with van der Waals surface area (Å²) in [6.45, 7) is 3.21. The highest BCUT2D eigenvalue weighted by molar-refractivity contribution is 5.14. The second-order valence-electron chi connectivity index (χ2n) is 4.87. The van der Waals surface area contributed by atoms with Gasteiger partial charge in [0.25, 0.3) is 0 Å². The number of hydrogen-bond donors (Lipinski definition) is 1. The molecule has 1 atom stereocenters. The van der Waals surface area contributed by atoms with E-state index in [4.69, 9.17) is 0 Å². The molecule has 0 spiro atoms. The highest BCUT2D eigenvalue weighted by Crippen LogP contribution is 2.08. The molecule has 0 saturated carbocycles. The van der Waals surface area contributed by atoms with Crippen LogP contribution in [0.1, 0.15) is 37.1 Å². The van der Waals surface area contributed by atoms with Crippen LogP contribution >= 0.6 is 0 Å². The van der Waals surface area contributed by atoms with Crippen LogP contribution in [0.2, 0.25) is 0 Å². The zero-order valence-electron chi connectivity index (χ0n) is 11.5. The lowest BCUT2D eigenvalue weighted by atomic mass is 10.1. The molecule has 2 aromatic rings. The van der Waals surface area contributed by atoms with Crippen molar-refractivity contribution >= 4 is 0 Å². The van der Waals surface area contributed by atoms with Crippen molar-refractivity contribution in [3.05, 3.63) is 66.0 Å². The van der Waals surface area contributed by atoms with Crippen molar-refractivity contribution in [1.29, 1.82) is 0 Å². The number of rotatable bonds is 7. The third-order valence-corrected chi connectivity index (χ3v) is 3.32. The Morgan fingerprint density at radius 2 is 1.79 bits per heavy atom. The van der Waals surface area contributed by atoms with Crippen LogP contribution in [0.5, 0.6) is 0 Å². The van der Waals surface area contributed by atoms with Gasteiger partial charge in [0.15, 0.2) is 0 Å². The number of unbranched alkanes of at least 4 members (excludes halogenated alkanes) is 1. The third kappa shape index (κ3) is 4.84. The van der Waals surface area contributed by atoms with Crippen LogP contribution in [0, 0.1) is 0 Å². The van der Waals surface area contributed by atoms with E-state index >= 15 is 0 Å². The molecule has 1 aromatic carbocycles. The number of nitrogens with one attached hydrogen (secondary N) is 1. The molecule has 2 rings (SSSR count). The van der Waals surface area contributed by atoms with Crippen LogP contribution < -0.4 is 5.32 Å². The molecule has 0 unspecified atom stereocenters. The monoisotopic (exact) mass is 254 g/mol. The Morgan fingerprint density at radius 1 is 1.00 bits per heavy atom. The van der Waals surface area contributed by atoms with Gasteiger partial charge in [-0.15, -0.1) is 0 Å². The van der Waals surface area contributed by atoms with Gasteiger partial charge in [-0.3, -0.25) is 4.98 Å². The molecule has 1 heterocycles. The van der Waals surface area contributed by atoms with Gasteiger partial charge < -0.3 is 5.32 Å². The lowest BCUT2D eigenvalue weighted by molar-refractivity contribution is 0.537. The molecule has 0 radical (unpaired) electrons. The molecule has 2 heteroatoms. The average Bonchev–Trinajstić information content (AvgIpc) is 2.49. The van der Waals surface area contributed by atoms with Gasteiger partial charge in [-0.05, 0) is 50.4 Å². The first-order valence-corrected chi connectivity index (χ1v) is 7.04. The van der Waals surface area contributed by atoms with Crippen LogP contribution in [0.3, 0.4) is 0 Å². The summed E-state index contributed by atoms with van der Waals surface area (Å²) in [6.07, 6.45) is 5.45. The molecule has 0 fully saturated rings. The Hall–Kier alpha value is -1.67. The number of benzene rings is 1. The first-order valence-electron chi connectivity index (χ1n) is 7.04. The fourth-order valence-electron chi connectivity index (χ4n) is 2.15. The van der Waals surface area contributed by atoms with Crippen molar-refractivity contribution in [2.24, 2.45) is 0 Å². The van der Waals surface area contributed by atoms with Gasteiger partial charge >= 0.3 is 0 Å². The summed E-state index contributed by atoms with van der Waals surface area (Å²) in [4.78, 5) is 4.36. The lowest BCUT2D eigenvalue weighted by Crippen LogP contribution is -2.20. The molecule has 2 nitrogen and oxygen atoms in total. The zero-order chi connectivity index (χ0) is 13.3. The zero-order valence-corrected chi connectivity index (χ0v) is 11.5. The summed E-state index contributed by atoms with van der Waals surface area (Å²) < 4.78 is 0. The van der Waals surface area contributed by atoms with E-state index in [0.717, 1.165) is 12.2 Å². The minimum absolute atomic E-state index is 0.331. The Labute approximate surface area is 115 Å². The maximum atomic E-state index is 4.36. The van der Waals surface area contributed by atoms with Crippen molar-refractivity contribution in [3.63, 3.8) is 0 Å². The SMILES string of the molecule is C[C@@H](NCCCCc1ccccc1)c1ccccn1. The summed E-state index contributed by atoms with van der Waals surface area (Å²) in [5.74, 6) is 0. The van der Waals surface area contributed by atoms with E-state index in [1.165, 1.54) is 24.8 Å².